The van der Waals surface area contributed by atoms with Gasteiger partial charge in [-0.05, 0) is 0 Å². The molecule has 44 valence electrons. The molecule has 1 aromatic rings. The van der Waals surface area contributed by atoms with Crippen molar-refractivity contribution in [1.82, 2.24) is 15.4 Å². The Bertz CT molecular complexity index is 212. The zero-order chi connectivity index (χ0) is 5.98. The average molecular weight is 147 g/mol. The monoisotopic (exact) mass is 147 g/mol. The summed E-state index contributed by atoms with van der Waals surface area (Å²) in [5.74, 6) is 0.582. The molecular formula is C3H5N3S2. The summed E-state index contributed by atoms with van der Waals surface area (Å²) in [5.41, 5.74) is 0.795. The highest BCUT2D eigenvalue weighted by atomic mass is 32.1. The second kappa shape index (κ2) is 2.32. The van der Waals surface area contributed by atoms with Crippen molar-refractivity contribution in [3.05, 3.63) is 10.3 Å². The van der Waals surface area contributed by atoms with Gasteiger partial charge >= 0.3 is 0 Å². The van der Waals surface area contributed by atoms with E-state index in [1.54, 1.807) is 0 Å². The van der Waals surface area contributed by atoms with Crippen LogP contribution in [0.25, 0.3) is 0 Å². The minimum Gasteiger partial charge on any atom is -0.273 e. The summed E-state index contributed by atoms with van der Waals surface area (Å²) < 4.78 is 0.639. The summed E-state index contributed by atoms with van der Waals surface area (Å²) >= 11 is 8.76. The molecule has 0 bridgehead atoms. The number of thiol groups is 1. The molecule has 0 atom stereocenters. The van der Waals surface area contributed by atoms with Gasteiger partial charge in [0.05, 0.1) is 0 Å². The first kappa shape index (κ1) is 5.84. The van der Waals surface area contributed by atoms with Gasteiger partial charge in [0.1, 0.15) is 10.3 Å². The molecule has 0 unspecified atom stereocenters. The third-order valence-corrected chi connectivity index (χ3v) is 1.41. The molecule has 5 heteroatoms. The molecule has 0 amide bonds. The van der Waals surface area contributed by atoms with Gasteiger partial charge in [-0.1, -0.05) is 12.2 Å². The van der Waals surface area contributed by atoms with Gasteiger partial charge in [-0.2, -0.15) is 17.7 Å². The minimum atomic E-state index is 0.582. The van der Waals surface area contributed by atoms with E-state index in [4.69, 9.17) is 12.2 Å². The van der Waals surface area contributed by atoms with Crippen LogP contribution in [0.3, 0.4) is 0 Å². The van der Waals surface area contributed by atoms with Crippen LogP contribution < -0.4 is 0 Å². The molecule has 0 aliphatic carbocycles. The molecule has 0 aliphatic heterocycles. The smallest absolute Gasteiger partial charge is 0.143 e. The first-order valence-electron chi connectivity index (χ1n) is 2.07. The molecule has 0 radical (unpaired) electrons. The first-order chi connectivity index (χ1) is 3.84. The van der Waals surface area contributed by atoms with Gasteiger partial charge < -0.3 is 0 Å². The molecule has 1 aromatic heterocycles. The lowest BCUT2D eigenvalue weighted by Crippen LogP contribution is -1.75. The van der Waals surface area contributed by atoms with Crippen LogP contribution in [-0.2, 0) is 5.75 Å². The second-order valence-corrected chi connectivity index (χ2v) is 2.01. The number of nitrogens with zero attached hydrogens (tertiary/aromatic N) is 1. The fourth-order valence-corrected chi connectivity index (χ4v) is 0.876. The summed E-state index contributed by atoms with van der Waals surface area (Å²) in [7, 11) is 0. The van der Waals surface area contributed by atoms with Crippen molar-refractivity contribution in [1.29, 1.82) is 0 Å². The highest BCUT2D eigenvalue weighted by Crippen LogP contribution is 1.95. The van der Waals surface area contributed by atoms with E-state index in [2.05, 4.69) is 28.0 Å². The van der Waals surface area contributed by atoms with Crippen LogP contribution in [0.5, 0.6) is 0 Å². The van der Waals surface area contributed by atoms with E-state index in [9.17, 15) is 0 Å². The van der Waals surface area contributed by atoms with Gasteiger partial charge in [0.15, 0.2) is 0 Å². The molecule has 0 saturated heterocycles. The van der Waals surface area contributed by atoms with Gasteiger partial charge in [-0.15, -0.1) is 0 Å². The maximum Gasteiger partial charge on any atom is 0.143 e. The van der Waals surface area contributed by atoms with E-state index in [1.165, 1.54) is 0 Å². The number of H-pyrrole nitrogens is 2. The van der Waals surface area contributed by atoms with Crippen LogP contribution in [0.1, 0.15) is 5.69 Å². The number of aromatic nitrogens is 3. The second-order valence-electron chi connectivity index (χ2n) is 1.28. The van der Waals surface area contributed by atoms with Crippen molar-refractivity contribution in [2.24, 2.45) is 0 Å². The molecule has 1 rings (SSSR count). The summed E-state index contributed by atoms with van der Waals surface area (Å²) in [4.78, 5) is 0. The number of nitrogens with one attached hydrogen (secondary N) is 2. The fraction of sp³-hybridized carbons (Fsp3) is 0.333. The molecule has 0 aliphatic rings. The molecule has 2 N–H and O–H groups in total. The van der Waals surface area contributed by atoms with E-state index < -0.39 is 0 Å². The Hall–Kier alpha value is -0.290. The van der Waals surface area contributed by atoms with Gasteiger partial charge in [-0.25, -0.2) is 5.21 Å². The Morgan fingerprint density at radius 3 is 2.75 bits per heavy atom. The number of hydrogen-bond donors (Lipinski definition) is 3. The Kier molecular flexibility index (Phi) is 1.69. The van der Waals surface area contributed by atoms with Crippen molar-refractivity contribution < 1.29 is 0 Å². The van der Waals surface area contributed by atoms with Crippen molar-refractivity contribution >= 4 is 24.8 Å². The Balaban J connectivity index is 3.11. The fourth-order valence-electron chi connectivity index (χ4n) is 0.376. The van der Waals surface area contributed by atoms with Crippen molar-refractivity contribution in [3.63, 3.8) is 0 Å². The van der Waals surface area contributed by atoms with Gasteiger partial charge in [0.25, 0.3) is 0 Å². The topological polar surface area (TPSA) is 44.5 Å². The van der Waals surface area contributed by atoms with Crippen LogP contribution in [0.4, 0.5) is 0 Å². The summed E-state index contributed by atoms with van der Waals surface area (Å²) in [6.45, 7) is 0. The van der Waals surface area contributed by atoms with Crippen LogP contribution in [0.2, 0.25) is 0 Å². The van der Waals surface area contributed by atoms with E-state index in [-0.39, 0.29) is 0 Å². The highest BCUT2D eigenvalue weighted by Gasteiger charge is 1.91. The van der Waals surface area contributed by atoms with E-state index in [0.717, 1.165) is 5.69 Å². The number of hydrogen-bond acceptors (Lipinski definition) is 3. The average Bonchev–Trinajstić information content (AvgIpc) is 2.14. The largest absolute Gasteiger partial charge is 0.273 e. The lowest BCUT2D eigenvalue weighted by Gasteiger charge is -1.76. The summed E-state index contributed by atoms with van der Waals surface area (Å²) in [6, 6.07) is 0. The maximum atomic E-state index is 4.79. The molecule has 8 heavy (non-hydrogen) atoms. The SMILES string of the molecule is S=c1[nH][nH]nc1CS. The zero-order valence-corrected chi connectivity index (χ0v) is 5.72. The quantitative estimate of drug-likeness (QED) is 0.408. The van der Waals surface area contributed by atoms with Gasteiger partial charge in [0.2, 0.25) is 0 Å². The third kappa shape index (κ3) is 0.924. The Morgan fingerprint density at radius 2 is 2.50 bits per heavy atom. The number of aromatic amines is 2. The van der Waals surface area contributed by atoms with Crippen LogP contribution in [0.15, 0.2) is 0 Å². The molecule has 0 fully saturated rings. The molecule has 3 nitrogen and oxygen atoms in total. The van der Waals surface area contributed by atoms with E-state index in [0.29, 0.717) is 10.4 Å². The van der Waals surface area contributed by atoms with Crippen LogP contribution in [0, 0.1) is 4.64 Å². The Labute approximate surface area is 56.9 Å². The van der Waals surface area contributed by atoms with Crippen molar-refractivity contribution in [3.8, 4) is 0 Å². The number of rotatable bonds is 1. The molecule has 0 aromatic carbocycles. The lowest BCUT2D eigenvalue weighted by molar-refractivity contribution is 0.924. The Morgan fingerprint density at radius 1 is 1.75 bits per heavy atom. The van der Waals surface area contributed by atoms with Gasteiger partial charge in [0, 0.05) is 5.75 Å². The predicted octanol–water partition coefficient (Wildman–Crippen LogP) is 0.897. The summed E-state index contributed by atoms with van der Waals surface area (Å²) in [5, 5.41) is 8.94. The molecule has 0 saturated carbocycles. The molecule has 0 spiro atoms. The normalized spacial score (nSPS) is 9.62. The zero-order valence-electron chi connectivity index (χ0n) is 4.01. The van der Waals surface area contributed by atoms with Gasteiger partial charge in [-0.3, -0.25) is 5.10 Å². The third-order valence-electron chi connectivity index (χ3n) is 0.772. The van der Waals surface area contributed by atoms with Crippen molar-refractivity contribution in [2.45, 2.75) is 5.75 Å². The predicted molar refractivity (Wildman–Crippen MR) is 36.5 cm³/mol. The van der Waals surface area contributed by atoms with E-state index >= 15 is 0 Å². The standard InChI is InChI=1S/C3H5N3S2/c7-1-2-3(8)5-6-4-2/h7H,1H2,(H2,4,5,6,8). The van der Waals surface area contributed by atoms with Crippen LogP contribution >= 0.6 is 24.8 Å². The minimum absolute atomic E-state index is 0.582. The molecular weight excluding hydrogens is 142 g/mol. The van der Waals surface area contributed by atoms with Crippen LogP contribution in [-0.4, -0.2) is 15.4 Å². The molecule has 1 heterocycles. The summed E-state index contributed by atoms with van der Waals surface area (Å²) in [6.07, 6.45) is 0. The maximum absolute atomic E-state index is 4.79. The van der Waals surface area contributed by atoms with Crippen molar-refractivity contribution in [2.75, 3.05) is 0 Å². The first-order valence-corrected chi connectivity index (χ1v) is 3.11. The van der Waals surface area contributed by atoms with E-state index in [1.807, 2.05) is 0 Å². The highest BCUT2D eigenvalue weighted by molar-refractivity contribution is 7.79. The lowest BCUT2D eigenvalue weighted by atomic mass is 10.6.